The second kappa shape index (κ2) is 8.74. The van der Waals surface area contributed by atoms with Gasteiger partial charge in [0.25, 0.3) is 5.91 Å². The maximum absolute atomic E-state index is 12.9. The van der Waals surface area contributed by atoms with Gasteiger partial charge in [0.15, 0.2) is 0 Å². The Balaban J connectivity index is 1.64. The average molecular weight is 393 g/mol. The molecule has 0 radical (unpaired) electrons. The first-order valence-electron chi connectivity index (χ1n) is 10.3. The van der Waals surface area contributed by atoms with Crippen molar-refractivity contribution in [3.63, 3.8) is 0 Å². The van der Waals surface area contributed by atoms with E-state index in [2.05, 4.69) is 12.2 Å². The lowest BCUT2D eigenvalue weighted by Gasteiger charge is -2.30. The molecule has 0 atom stereocenters. The Morgan fingerprint density at radius 2 is 1.56 bits per heavy atom. The average Bonchev–Trinajstić information content (AvgIpc) is 2.70. The van der Waals surface area contributed by atoms with Crippen LogP contribution in [0.15, 0.2) is 29.2 Å². The van der Waals surface area contributed by atoms with Crippen LogP contribution in [-0.2, 0) is 10.0 Å². The number of rotatable bonds is 5. The lowest BCUT2D eigenvalue weighted by molar-refractivity contribution is 0.0923. The van der Waals surface area contributed by atoms with E-state index in [1.165, 1.54) is 10.7 Å². The van der Waals surface area contributed by atoms with Crippen LogP contribution in [0.4, 0.5) is 0 Å². The Bertz CT molecular complexity index is 731. The second-order valence-electron chi connectivity index (χ2n) is 8.27. The third kappa shape index (κ3) is 4.91. The highest BCUT2D eigenvalue weighted by Gasteiger charge is 2.29. The van der Waals surface area contributed by atoms with Crippen molar-refractivity contribution in [2.24, 2.45) is 5.92 Å². The number of sulfonamides is 1. The number of hydrogen-bond donors (Lipinski definition) is 1. The summed E-state index contributed by atoms with van der Waals surface area (Å²) >= 11 is 0. The van der Waals surface area contributed by atoms with E-state index in [9.17, 15) is 13.2 Å². The summed E-state index contributed by atoms with van der Waals surface area (Å²) in [7, 11) is -1.84. The molecule has 1 amide bonds. The maximum atomic E-state index is 12.9. The molecule has 0 unspecified atom stereocenters. The van der Waals surface area contributed by atoms with Gasteiger partial charge in [-0.3, -0.25) is 4.79 Å². The topological polar surface area (TPSA) is 66.5 Å². The lowest BCUT2D eigenvalue weighted by Crippen LogP contribution is -2.38. The number of nitrogens with zero attached hydrogens (tertiary/aromatic N) is 1. The molecule has 0 spiro atoms. The summed E-state index contributed by atoms with van der Waals surface area (Å²) in [5.74, 6) is 0.628. The van der Waals surface area contributed by atoms with Gasteiger partial charge in [0, 0.05) is 24.7 Å². The Kier molecular flexibility index (Phi) is 6.58. The summed E-state index contributed by atoms with van der Waals surface area (Å²) in [4.78, 5) is 12.7. The van der Waals surface area contributed by atoms with Crippen LogP contribution < -0.4 is 5.32 Å². The number of benzene rings is 1. The van der Waals surface area contributed by atoms with Gasteiger partial charge in [-0.2, -0.15) is 4.31 Å². The molecule has 2 aliphatic carbocycles. The van der Waals surface area contributed by atoms with Crippen molar-refractivity contribution in [3.8, 4) is 0 Å². The maximum Gasteiger partial charge on any atom is 0.251 e. The summed E-state index contributed by atoms with van der Waals surface area (Å²) in [6.45, 7) is 2.25. The van der Waals surface area contributed by atoms with Gasteiger partial charge < -0.3 is 5.32 Å². The third-order valence-corrected chi connectivity index (χ3v) is 8.16. The summed E-state index contributed by atoms with van der Waals surface area (Å²) in [6.07, 6.45) is 9.55. The SMILES string of the molecule is CC1CCC(NC(=O)c2ccc(S(=O)(=O)N(C)C3CCCCC3)cc2)CC1. The normalized spacial score (nSPS) is 24.7. The zero-order chi connectivity index (χ0) is 19.4. The zero-order valence-corrected chi connectivity index (χ0v) is 17.3. The van der Waals surface area contributed by atoms with E-state index in [1.54, 1.807) is 31.3 Å². The van der Waals surface area contributed by atoms with Gasteiger partial charge in [-0.05, 0) is 68.7 Å². The van der Waals surface area contributed by atoms with E-state index in [0.717, 1.165) is 57.3 Å². The molecule has 0 saturated heterocycles. The van der Waals surface area contributed by atoms with Crippen LogP contribution in [0.1, 0.15) is 75.1 Å². The highest BCUT2D eigenvalue weighted by atomic mass is 32.2. The summed E-state index contributed by atoms with van der Waals surface area (Å²) in [6, 6.07) is 6.69. The molecule has 5 nitrogen and oxygen atoms in total. The van der Waals surface area contributed by atoms with Crippen LogP contribution in [0, 0.1) is 5.92 Å². The van der Waals surface area contributed by atoms with Crippen LogP contribution in [0.25, 0.3) is 0 Å². The fourth-order valence-electron chi connectivity index (χ4n) is 4.26. The first-order valence-corrected chi connectivity index (χ1v) is 11.7. The van der Waals surface area contributed by atoms with Crippen molar-refractivity contribution in [1.82, 2.24) is 9.62 Å². The van der Waals surface area contributed by atoms with Crippen LogP contribution in [0.2, 0.25) is 0 Å². The lowest BCUT2D eigenvalue weighted by atomic mass is 9.87. The molecule has 6 heteroatoms. The molecule has 27 heavy (non-hydrogen) atoms. The van der Waals surface area contributed by atoms with Gasteiger partial charge in [0.1, 0.15) is 0 Å². The van der Waals surface area contributed by atoms with Crippen molar-refractivity contribution in [2.75, 3.05) is 7.05 Å². The number of amides is 1. The van der Waals surface area contributed by atoms with Crippen molar-refractivity contribution in [1.29, 1.82) is 0 Å². The molecule has 0 aliphatic heterocycles. The van der Waals surface area contributed by atoms with Crippen molar-refractivity contribution < 1.29 is 13.2 Å². The quantitative estimate of drug-likeness (QED) is 0.825. The molecule has 0 bridgehead atoms. The molecular formula is C21H32N2O3S. The number of carbonyl (C=O) groups is 1. The van der Waals surface area contributed by atoms with Gasteiger partial charge in [-0.25, -0.2) is 8.42 Å². The Hall–Kier alpha value is -1.40. The Morgan fingerprint density at radius 3 is 2.15 bits per heavy atom. The third-order valence-electron chi connectivity index (χ3n) is 6.23. The molecule has 2 fully saturated rings. The van der Waals surface area contributed by atoms with Gasteiger partial charge in [0.05, 0.1) is 4.90 Å². The van der Waals surface area contributed by atoms with Gasteiger partial charge >= 0.3 is 0 Å². The van der Waals surface area contributed by atoms with Gasteiger partial charge in [-0.15, -0.1) is 0 Å². The van der Waals surface area contributed by atoms with Crippen molar-refractivity contribution >= 4 is 15.9 Å². The molecular weight excluding hydrogens is 360 g/mol. The molecule has 2 saturated carbocycles. The van der Waals surface area contributed by atoms with Crippen molar-refractivity contribution in [3.05, 3.63) is 29.8 Å². The molecule has 1 aromatic carbocycles. The van der Waals surface area contributed by atoms with E-state index in [4.69, 9.17) is 0 Å². The number of carbonyl (C=O) groups excluding carboxylic acids is 1. The first kappa shape index (κ1) is 20.3. The number of nitrogens with one attached hydrogen (secondary N) is 1. The van der Waals surface area contributed by atoms with Crippen LogP contribution in [0.5, 0.6) is 0 Å². The van der Waals surface area contributed by atoms with E-state index in [0.29, 0.717) is 5.56 Å². The Labute approximate surface area is 163 Å². The smallest absolute Gasteiger partial charge is 0.251 e. The molecule has 150 valence electrons. The standard InChI is InChI=1S/C21H32N2O3S/c1-16-8-12-18(13-9-16)22-21(24)17-10-14-20(15-11-17)27(25,26)23(2)19-6-4-3-5-7-19/h10-11,14-16,18-19H,3-9,12-13H2,1-2H3,(H,22,24). The molecule has 0 heterocycles. The minimum absolute atomic E-state index is 0.0837. The van der Waals surface area contributed by atoms with Crippen LogP contribution in [0.3, 0.4) is 0 Å². The molecule has 1 N–H and O–H groups in total. The minimum Gasteiger partial charge on any atom is -0.349 e. The predicted molar refractivity (Wildman–Crippen MR) is 107 cm³/mol. The molecule has 2 aliphatic rings. The first-order chi connectivity index (χ1) is 12.9. The van der Waals surface area contributed by atoms with E-state index >= 15 is 0 Å². The monoisotopic (exact) mass is 392 g/mol. The summed E-state index contributed by atoms with van der Waals surface area (Å²) in [5.41, 5.74) is 0.521. The summed E-state index contributed by atoms with van der Waals surface area (Å²) in [5, 5.41) is 3.09. The van der Waals surface area contributed by atoms with Crippen molar-refractivity contribution in [2.45, 2.75) is 81.7 Å². The van der Waals surface area contributed by atoms with Gasteiger partial charge in [0.2, 0.25) is 10.0 Å². The molecule has 1 aromatic rings. The number of hydrogen-bond acceptors (Lipinski definition) is 3. The largest absolute Gasteiger partial charge is 0.349 e. The van der Waals surface area contributed by atoms with E-state index in [1.807, 2.05) is 0 Å². The van der Waals surface area contributed by atoms with Crippen LogP contribution in [-0.4, -0.2) is 37.8 Å². The second-order valence-corrected chi connectivity index (χ2v) is 10.3. The van der Waals surface area contributed by atoms with Gasteiger partial charge in [-0.1, -0.05) is 26.2 Å². The fourth-order valence-corrected chi connectivity index (χ4v) is 5.67. The van der Waals surface area contributed by atoms with E-state index < -0.39 is 10.0 Å². The molecule has 3 rings (SSSR count). The highest BCUT2D eigenvalue weighted by molar-refractivity contribution is 7.89. The fraction of sp³-hybridized carbons (Fsp3) is 0.667. The zero-order valence-electron chi connectivity index (χ0n) is 16.5. The highest BCUT2D eigenvalue weighted by Crippen LogP contribution is 2.27. The minimum atomic E-state index is -3.51. The molecule has 0 aromatic heterocycles. The van der Waals surface area contributed by atoms with E-state index in [-0.39, 0.29) is 22.9 Å². The van der Waals surface area contributed by atoms with Crippen LogP contribution >= 0.6 is 0 Å². The summed E-state index contributed by atoms with van der Waals surface area (Å²) < 4.78 is 27.3. The predicted octanol–water partition coefficient (Wildman–Crippen LogP) is 3.95. The Morgan fingerprint density at radius 1 is 0.963 bits per heavy atom.